The zero-order valence-corrected chi connectivity index (χ0v) is 26.9. The van der Waals surface area contributed by atoms with Gasteiger partial charge in [0.25, 0.3) is 0 Å². The summed E-state index contributed by atoms with van der Waals surface area (Å²) in [6, 6.07) is 28.4. The molecule has 4 nitrogen and oxygen atoms in total. The SMILES string of the molecule is CCCCCCCCCCCCCCCCOC[C@@H](O)COC(c1ccccc1)(c1ccccc1)c1ccc(OC)cc1. The summed E-state index contributed by atoms with van der Waals surface area (Å²) in [5.41, 5.74) is 2.09. The Morgan fingerprint density at radius 1 is 0.558 bits per heavy atom. The molecule has 3 rings (SSSR count). The average Bonchev–Trinajstić information content (AvgIpc) is 3.06. The normalized spacial score (nSPS) is 12.3. The lowest BCUT2D eigenvalue weighted by Crippen LogP contribution is -2.36. The molecule has 4 heteroatoms. The topological polar surface area (TPSA) is 47.9 Å². The molecule has 236 valence electrons. The van der Waals surface area contributed by atoms with Crippen LogP contribution < -0.4 is 4.74 Å². The van der Waals surface area contributed by atoms with Crippen LogP contribution in [0.4, 0.5) is 0 Å². The highest BCUT2D eigenvalue weighted by Crippen LogP contribution is 2.41. The number of hydrogen-bond acceptors (Lipinski definition) is 4. The maximum absolute atomic E-state index is 10.9. The van der Waals surface area contributed by atoms with E-state index in [-0.39, 0.29) is 13.2 Å². The van der Waals surface area contributed by atoms with Crippen LogP contribution in [0.2, 0.25) is 0 Å². The van der Waals surface area contributed by atoms with E-state index in [1.54, 1.807) is 7.11 Å². The van der Waals surface area contributed by atoms with Gasteiger partial charge < -0.3 is 19.3 Å². The first-order valence-corrected chi connectivity index (χ1v) is 16.9. The van der Waals surface area contributed by atoms with E-state index in [4.69, 9.17) is 14.2 Å². The van der Waals surface area contributed by atoms with Gasteiger partial charge in [0.05, 0.1) is 20.3 Å². The largest absolute Gasteiger partial charge is 0.497 e. The van der Waals surface area contributed by atoms with Crippen molar-refractivity contribution >= 4 is 0 Å². The fourth-order valence-electron chi connectivity index (χ4n) is 5.81. The van der Waals surface area contributed by atoms with Gasteiger partial charge in [0.1, 0.15) is 17.5 Å². The Kier molecular flexibility index (Phi) is 17.1. The van der Waals surface area contributed by atoms with Gasteiger partial charge in [-0.25, -0.2) is 0 Å². The van der Waals surface area contributed by atoms with Crippen LogP contribution in [-0.4, -0.2) is 38.1 Å². The summed E-state index contributed by atoms with van der Waals surface area (Å²) in [4.78, 5) is 0. The molecule has 0 aliphatic rings. The minimum atomic E-state index is -0.885. The summed E-state index contributed by atoms with van der Waals surface area (Å²) < 4.78 is 18.0. The molecular weight excluding hydrogens is 532 g/mol. The van der Waals surface area contributed by atoms with Gasteiger partial charge in [0.15, 0.2) is 0 Å². The molecule has 0 spiro atoms. The van der Waals surface area contributed by atoms with Crippen molar-refractivity contribution in [1.29, 1.82) is 0 Å². The van der Waals surface area contributed by atoms with Crippen molar-refractivity contribution in [1.82, 2.24) is 0 Å². The van der Waals surface area contributed by atoms with E-state index in [9.17, 15) is 5.11 Å². The molecule has 1 N–H and O–H groups in total. The lowest BCUT2D eigenvalue weighted by molar-refractivity contribution is -0.0641. The van der Waals surface area contributed by atoms with Crippen LogP contribution >= 0.6 is 0 Å². The second-order valence-corrected chi connectivity index (χ2v) is 11.8. The second-order valence-electron chi connectivity index (χ2n) is 11.8. The minimum absolute atomic E-state index is 0.147. The Labute approximate surface area is 261 Å². The van der Waals surface area contributed by atoms with E-state index in [2.05, 4.69) is 31.2 Å². The van der Waals surface area contributed by atoms with E-state index in [0.717, 1.165) is 28.9 Å². The third-order valence-corrected chi connectivity index (χ3v) is 8.30. The zero-order chi connectivity index (χ0) is 30.4. The summed E-state index contributed by atoms with van der Waals surface area (Å²) in [6.07, 6.45) is 18.0. The number of methoxy groups -OCH3 is 1. The molecule has 1 atom stereocenters. The molecule has 3 aromatic carbocycles. The third kappa shape index (κ3) is 12.1. The standard InChI is InChI=1S/C39H56O4/c1-3-4-5-6-7-8-9-10-11-12-13-14-15-22-31-42-32-37(40)33-43-39(34-23-18-16-19-24-34,35-25-20-17-21-26-35)36-27-29-38(41-2)30-28-36/h16-21,23-30,37,40H,3-15,22,31-33H2,1-2H3/t37-/m1/s1. The van der Waals surface area contributed by atoms with Gasteiger partial charge in [-0.2, -0.15) is 0 Å². The molecule has 0 heterocycles. The fourth-order valence-corrected chi connectivity index (χ4v) is 5.81. The molecule has 0 aliphatic carbocycles. The van der Waals surface area contributed by atoms with Crippen LogP contribution in [-0.2, 0) is 15.1 Å². The third-order valence-electron chi connectivity index (χ3n) is 8.30. The monoisotopic (exact) mass is 588 g/mol. The van der Waals surface area contributed by atoms with Gasteiger partial charge >= 0.3 is 0 Å². The number of rotatable bonds is 24. The molecular formula is C39H56O4. The molecule has 43 heavy (non-hydrogen) atoms. The van der Waals surface area contributed by atoms with Crippen molar-refractivity contribution in [2.24, 2.45) is 0 Å². The van der Waals surface area contributed by atoms with E-state index >= 15 is 0 Å². The summed E-state index contributed by atoms with van der Waals surface area (Å²) in [7, 11) is 1.67. The lowest BCUT2D eigenvalue weighted by Gasteiger charge is -2.36. The van der Waals surface area contributed by atoms with Crippen LogP contribution in [0.25, 0.3) is 0 Å². The smallest absolute Gasteiger partial charge is 0.143 e. The Morgan fingerprint density at radius 2 is 1.00 bits per heavy atom. The van der Waals surface area contributed by atoms with Crippen molar-refractivity contribution < 1.29 is 19.3 Å². The van der Waals surface area contributed by atoms with Gasteiger partial charge in [-0.3, -0.25) is 0 Å². The Hall–Kier alpha value is -2.66. The molecule has 0 fully saturated rings. The fraction of sp³-hybridized carbons (Fsp3) is 0.538. The number of hydrogen-bond donors (Lipinski definition) is 1. The summed E-state index contributed by atoms with van der Waals surface area (Å²) in [5.74, 6) is 0.788. The summed E-state index contributed by atoms with van der Waals surface area (Å²) >= 11 is 0. The number of aliphatic hydroxyl groups excluding tert-OH is 1. The molecule has 0 bridgehead atoms. The van der Waals surface area contributed by atoms with Gasteiger partial charge in [-0.15, -0.1) is 0 Å². The predicted octanol–water partition coefficient (Wildman–Crippen LogP) is 9.86. The maximum Gasteiger partial charge on any atom is 0.143 e. The van der Waals surface area contributed by atoms with Gasteiger partial charge in [0, 0.05) is 6.61 Å². The van der Waals surface area contributed by atoms with Gasteiger partial charge in [-0.05, 0) is 35.2 Å². The van der Waals surface area contributed by atoms with Crippen molar-refractivity contribution in [3.05, 3.63) is 102 Å². The van der Waals surface area contributed by atoms with Crippen molar-refractivity contribution in [2.45, 2.75) is 109 Å². The van der Waals surface area contributed by atoms with Gasteiger partial charge in [-0.1, -0.05) is 163 Å². The Morgan fingerprint density at radius 3 is 1.47 bits per heavy atom. The minimum Gasteiger partial charge on any atom is -0.497 e. The van der Waals surface area contributed by atoms with E-state index in [0.29, 0.717) is 6.61 Å². The highest BCUT2D eigenvalue weighted by atomic mass is 16.5. The quantitative estimate of drug-likeness (QED) is 0.0836. The molecule has 0 saturated carbocycles. The van der Waals surface area contributed by atoms with Crippen molar-refractivity contribution in [2.75, 3.05) is 26.9 Å². The highest BCUT2D eigenvalue weighted by molar-refractivity contribution is 5.48. The molecule has 0 saturated heterocycles. The summed E-state index contributed by atoms with van der Waals surface area (Å²) in [6.45, 7) is 3.37. The van der Waals surface area contributed by atoms with Crippen molar-refractivity contribution in [3.63, 3.8) is 0 Å². The van der Waals surface area contributed by atoms with Crippen LogP contribution in [0.1, 0.15) is 114 Å². The number of aliphatic hydroxyl groups is 1. The Bertz CT molecular complexity index is 1030. The van der Waals surface area contributed by atoms with E-state index < -0.39 is 11.7 Å². The first-order chi connectivity index (χ1) is 21.2. The predicted molar refractivity (Wildman–Crippen MR) is 179 cm³/mol. The molecule has 3 aromatic rings. The summed E-state index contributed by atoms with van der Waals surface area (Å²) in [5, 5.41) is 10.9. The van der Waals surface area contributed by atoms with Crippen LogP contribution in [0, 0.1) is 0 Å². The molecule has 0 aromatic heterocycles. The molecule has 0 radical (unpaired) electrons. The Balaban J connectivity index is 1.41. The first kappa shape index (κ1) is 34.8. The average molecular weight is 589 g/mol. The zero-order valence-electron chi connectivity index (χ0n) is 26.9. The number of ether oxygens (including phenoxy) is 3. The lowest BCUT2D eigenvalue weighted by atomic mass is 9.80. The van der Waals surface area contributed by atoms with E-state index in [1.165, 1.54) is 83.5 Å². The molecule has 0 unspecified atom stereocenters. The molecule has 0 amide bonds. The van der Waals surface area contributed by atoms with Crippen molar-refractivity contribution in [3.8, 4) is 5.75 Å². The maximum atomic E-state index is 10.9. The number of benzene rings is 3. The highest BCUT2D eigenvalue weighted by Gasteiger charge is 2.38. The number of unbranched alkanes of at least 4 members (excludes halogenated alkanes) is 13. The van der Waals surface area contributed by atoms with Crippen LogP contribution in [0.15, 0.2) is 84.9 Å². The van der Waals surface area contributed by atoms with Crippen LogP contribution in [0.5, 0.6) is 5.75 Å². The van der Waals surface area contributed by atoms with Gasteiger partial charge in [0.2, 0.25) is 0 Å². The first-order valence-electron chi connectivity index (χ1n) is 16.9. The van der Waals surface area contributed by atoms with E-state index in [1.807, 2.05) is 60.7 Å². The second kappa shape index (κ2) is 21.1. The molecule has 0 aliphatic heterocycles. The van der Waals surface area contributed by atoms with Crippen LogP contribution in [0.3, 0.4) is 0 Å².